The molecule has 140 valence electrons. The van der Waals surface area contributed by atoms with Gasteiger partial charge in [0.25, 0.3) is 5.89 Å². The van der Waals surface area contributed by atoms with Gasteiger partial charge in [-0.25, -0.2) is 4.79 Å². The summed E-state index contributed by atoms with van der Waals surface area (Å²) in [4.78, 5) is 16.6. The fourth-order valence-electron chi connectivity index (χ4n) is 2.51. The van der Waals surface area contributed by atoms with Gasteiger partial charge >= 0.3 is 6.03 Å². The van der Waals surface area contributed by atoms with Crippen molar-refractivity contribution in [2.24, 2.45) is 0 Å². The Bertz CT molecular complexity index is 922. The highest BCUT2D eigenvalue weighted by molar-refractivity contribution is 9.10. The van der Waals surface area contributed by atoms with Gasteiger partial charge in [-0.2, -0.15) is 4.98 Å². The van der Waals surface area contributed by atoms with Crippen molar-refractivity contribution in [1.29, 1.82) is 0 Å². The Kier molecular flexibility index (Phi) is 5.91. The molecule has 0 fully saturated rings. The van der Waals surface area contributed by atoms with Crippen molar-refractivity contribution in [2.75, 3.05) is 5.32 Å². The van der Waals surface area contributed by atoms with Crippen LogP contribution in [0.4, 0.5) is 10.5 Å². The maximum Gasteiger partial charge on any atom is 0.319 e. The number of carbonyl (C=O) groups is 1. The van der Waals surface area contributed by atoms with Crippen LogP contribution < -0.4 is 10.6 Å². The molecular weight excluding hydrogens is 408 g/mol. The molecule has 0 aliphatic heterocycles. The number of nitrogens with one attached hydrogen (secondary N) is 2. The zero-order chi connectivity index (χ0) is 19.4. The van der Waals surface area contributed by atoms with Gasteiger partial charge in [-0.15, -0.1) is 0 Å². The standard InChI is InChI=1S/C20H21BrN4O2/c1-12(2)18-24-19(27-25-18)14-7-9-17(10-8-14)23-20(26)22-13(3)15-5-4-6-16(21)11-15/h4-13H,1-3H3,(H2,22,23,26)/t13-/m1/s1. The molecule has 2 N–H and O–H groups in total. The zero-order valence-electron chi connectivity index (χ0n) is 15.4. The number of benzene rings is 2. The minimum Gasteiger partial charge on any atom is -0.334 e. The van der Waals surface area contributed by atoms with Crippen LogP contribution in [-0.4, -0.2) is 16.2 Å². The molecule has 0 aliphatic rings. The van der Waals surface area contributed by atoms with E-state index in [2.05, 4.69) is 36.7 Å². The molecule has 0 spiro atoms. The van der Waals surface area contributed by atoms with Crippen LogP contribution in [0.1, 0.15) is 44.1 Å². The van der Waals surface area contributed by atoms with Crippen molar-refractivity contribution in [2.45, 2.75) is 32.7 Å². The molecule has 0 unspecified atom stereocenters. The van der Waals surface area contributed by atoms with Crippen LogP contribution in [0.3, 0.4) is 0 Å². The molecule has 0 radical (unpaired) electrons. The second kappa shape index (κ2) is 8.35. The third kappa shape index (κ3) is 4.95. The van der Waals surface area contributed by atoms with Crippen LogP contribution >= 0.6 is 15.9 Å². The average Bonchev–Trinajstić information content (AvgIpc) is 3.12. The third-order valence-electron chi connectivity index (χ3n) is 4.04. The molecule has 2 amide bonds. The summed E-state index contributed by atoms with van der Waals surface area (Å²) in [6.07, 6.45) is 0. The van der Waals surface area contributed by atoms with Gasteiger partial charge in [-0.3, -0.25) is 0 Å². The third-order valence-corrected chi connectivity index (χ3v) is 4.54. The fourth-order valence-corrected chi connectivity index (χ4v) is 2.92. The van der Waals surface area contributed by atoms with Crippen LogP contribution in [0.25, 0.3) is 11.5 Å². The summed E-state index contributed by atoms with van der Waals surface area (Å²) in [6.45, 7) is 5.96. The number of anilines is 1. The first-order chi connectivity index (χ1) is 12.9. The van der Waals surface area contributed by atoms with E-state index in [1.165, 1.54) is 0 Å². The van der Waals surface area contributed by atoms with E-state index in [9.17, 15) is 4.79 Å². The van der Waals surface area contributed by atoms with Crippen LogP contribution in [-0.2, 0) is 0 Å². The molecule has 0 bridgehead atoms. The molecule has 1 aromatic heterocycles. The van der Waals surface area contributed by atoms with E-state index in [4.69, 9.17) is 4.52 Å². The lowest BCUT2D eigenvalue weighted by atomic mass is 10.1. The van der Waals surface area contributed by atoms with Gasteiger partial charge in [-0.1, -0.05) is 47.1 Å². The smallest absolute Gasteiger partial charge is 0.319 e. The molecule has 27 heavy (non-hydrogen) atoms. The summed E-state index contributed by atoms with van der Waals surface area (Å²) in [7, 11) is 0. The van der Waals surface area contributed by atoms with Gasteiger partial charge in [0.1, 0.15) is 0 Å². The van der Waals surface area contributed by atoms with Gasteiger partial charge in [-0.05, 0) is 48.9 Å². The second-order valence-corrected chi connectivity index (χ2v) is 7.48. The summed E-state index contributed by atoms with van der Waals surface area (Å²) < 4.78 is 6.26. The number of rotatable bonds is 5. The van der Waals surface area contributed by atoms with Crippen molar-refractivity contribution in [3.05, 3.63) is 64.4 Å². The summed E-state index contributed by atoms with van der Waals surface area (Å²) in [5.74, 6) is 1.35. The minimum absolute atomic E-state index is 0.116. The van der Waals surface area contributed by atoms with E-state index < -0.39 is 0 Å². The molecule has 0 saturated carbocycles. The van der Waals surface area contributed by atoms with E-state index in [-0.39, 0.29) is 18.0 Å². The SMILES string of the molecule is CC(C)c1noc(-c2ccc(NC(=O)N[C@H](C)c3cccc(Br)c3)cc2)n1. The summed E-state index contributed by atoms with van der Waals surface area (Å²) >= 11 is 3.44. The summed E-state index contributed by atoms with van der Waals surface area (Å²) in [6, 6.07) is 14.7. The highest BCUT2D eigenvalue weighted by Crippen LogP contribution is 2.22. The van der Waals surface area contributed by atoms with Crippen molar-refractivity contribution in [1.82, 2.24) is 15.5 Å². The Morgan fingerprint density at radius 2 is 1.85 bits per heavy atom. The normalized spacial score (nSPS) is 12.0. The highest BCUT2D eigenvalue weighted by Gasteiger charge is 2.13. The highest BCUT2D eigenvalue weighted by atomic mass is 79.9. The van der Waals surface area contributed by atoms with Crippen molar-refractivity contribution < 1.29 is 9.32 Å². The maximum absolute atomic E-state index is 12.2. The molecule has 1 heterocycles. The fraction of sp³-hybridized carbons (Fsp3) is 0.250. The summed E-state index contributed by atoms with van der Waals surface area (Å²) in [5, 5.41) is 9.71. The number of carbonyl (C=O) groups excluding carboxylic acids is 1. The first-order valence-corrected chi connectivity index (χ1v) is 9.48. The number of hydrogen-bond acceptors (Lipinski definition) is 4. The van der Waals surface area contributed by atoms with Gasteiger partial charge in [0.15, 0.2) is 5.82 Å². The molecular formula is C20H21BrN4O2. The Balaban J connectivity index is 1.61. The lowest BCUT2D eigenvalue weighted by molar-refractivity contribution is 0.249. The van der Waals surface area contributed by atoms with E-state index in [1.54, 1.807) is 12.1 Å². The minimum atomic E-state index is -0.268. The first kappa shape index (κ1) is 19.1. The predicted molar refractivity (Wildman–Crippen MR) is 109 cm³/mol. The number of halogens is 1. The Morgan fingerprint density at radius 3 is 2.48 bits per heavy atom. The number of amides is 2. The van der Waals surface area contributed by atoms with Crippen LogP contribution in [0.2, 0.25) is 0 Å². The molecule has 1 atom stereocenters. The molecule has 3 aromatic rings. The van der Waals surface area contributed by atoms with E-state index >= 15 is 0 Å². The zero-order valence-corrected chi connectivity index (χ0v) is 16.9. The van der Waals surface area contributed by atoms with Crippen LogP contribution in [0, 0.1) is 0 Å². The number of aromatic nitrogens is 2. The molecule has 0 aliphatic carbocycles. The molecule has 6 nitrogen and oxygen atoms in total. The Hall–Kier alpha value is -2.67. The van der Waals surface area contributed by atoms with E-state index in [1.807, 2.05) is 57.2 Å². The average molecular weight is 429 g/mol. The lowest BCUT2D eigenvalue weighted by Crippen LogP contribution is -2.31. The van der Waals surface area contributed by atoms with Gasteiger partial charge < -0.3 is 15.2 Å². The molecule has 0 saturated heterocycles. The largest absolute Gasteiger partial charge is 0.334 e. The molecule has 3 rings (SSSR count). The Labute approximate surface area is 166 Å². The summed E-state index contributed by atoms with van der Waals surface area (Å²) in [5.41, 5.74) is 2.51. The van der Waals surface area contributed by atoms with E-state index in [0.717, 1.165) is 15.6 Å². The van der Waals surface area contributed by atoms with Crippen LogP contribution in [0.5, 0.6) is 0 Å². The monoisotopic (exact) mass is 428 g/mol. The number of nitrogens with zero attached hydrogens (tertiary/aromatic N) is 2. The van der Waals surface area contributed by atoms with Gasteiger partial charge in [0.2, 0.25) is 0 Å². The van der Waals surface area contributed by atoms with E-state index in [0.29, 0.717) is 17.4 Å². The molecule has 7 heteroatoms. The number of urea groups is 1. The Morgan fingerprint density at radius 1 is 1.11 bits per heavy atom. The number of hydrogen-bond donors (Lipinski definition) is 2. The lowest BCUT2D eigenvalue weighted by Gasteiger charge is -2.15. The van der Waals surface area contributed by atoms with Crippen molar-refractivity contribution >= 4 is 27.6 Å². The van der Waals surface area contributed by atoms with Crippen molar-refractivity contribution in [3.63, 3.8) is 0 Å². The van der Waals surface area contributed by atoms with Crippen molar-refractivity contribution in [3.8, 4) is 11.5 Å². The van der Waals surface area contributed by atoms with Gasteiger partial charge in [0.05, 0.1) is 6.04 Å². The van der Waals surface area contributed by atoms with Gasteiger partial charge in [0, 0.05) is 21.6 Å². The first-order valence-electron chi connectivity index (χ1n) is 8.69. The second-order valence-electron chi connectivity index (χ2n) is 6.56. The maximum atomic E-state index is 12.2. The molecule has 2 aromatic carbocycles. The topological polar surface area (TPSA) is 80.0 Å². The predicted octanol–water partition coefficient (Wildman–Crippen LogP) is 5.51. The van der Waals surface area contributed by atoms with Crippen LogP contribution in [0.15, 0.2) is 57.5 Å². The quantitative estimate of drug-likeness (QED) is 0.561.